The van der Waals surface area contributed by atoms with E-state index in [4.69, 9.17) is 0 Å². The lowest BCUT2D eigenvalue weighted by Crippen LogP contribution is -2.29. The molecule has 1 aliphatic rings. The van der Waals surface area contributed by atoms with Crippen molar-refractivity contribution in [3.63, 3.8) is 0 Å². The summed E-state index contributed by atoms with van der Waals surface area (Å²) in [6.45, 7) is 1.28. The summed E-state index contributed by atoms with van der Waals surface area (Å²) < 4.78 is 1.80. The summed E-state index contributed by atoms with van der Waals surface area (Å²) in [6.07, 6.45) is 11.0. The fourth-order valence-electron chi connectivity index (χ4n) is 3.65. The Bertz CT molecular complexity index is 1130. The van der Waals surface area contributed by atoms with Gasteiger partial charge in [-0.2, -0.15) is 0 Å². The van der Waals surface area contributed by atoms with E-state index in [-0.39, 0.29) is 11.8 Å². The Balaban J connectivity index is 1.39. The van der Waals surface area contributed by atoms with Crippen LogP contribution >= 0.6 is 0 Å². The van der Waals surface area contributed by atoms with E-state index < -0.39 is 0 Å². The van der Waals surface area contributed by atoms with E-state index in [2.05, 4.69) is 31.3 Å². The Hall–Kier alpha value is -3.68. The van der Waals surface area contributed by atoms with Crippen molar-refractivity contribution in [3.05, 3.63) is 72.8 Å². The number of hydrogen-bond acceptors (Lipinski definition) is 6. The smallest absolute Gasteiger partial charge is 0.274 e. The molecule has 28 heavy (non-hydrogen) atoms. The van der Waals surface area contributed by atoms with Crippen LogP contribution in [-0.2, 0) is 0 Å². The molecule has 8 nitrogen and oxygen atoms in total. The molecule has 0 N–H and O–H groups in total. The van der Waals surface area contributed by atoms with E-state index in [1.54, 1.807) is 16.9 Å². The third kappa shape index (κ3) is 2.88. The van der Waals surface area contributed by atoms with Gasteiger partial charge in [-0.1, -0.05) is 17.3 Å². The highest BCUT2D eigenvalue weighted by Gasteiger charge is 2.31. The van der Waals surface area contributed by atoms with Crippen molar-refractivity contribution >= 4 is 11.4 Å². The third-order valence-electron chi connectivity index (χ3n) is 5.08. The number of pyridine rings is 2. The van der Waals surface area contributed by atoms with E-state index in [0.717, 1.165) is 28.8 Å². The van der Waals surface area contributed by atoms with Crippen molar-refractivity contribution in [3.8, 4) is 11.1 Å². The van der Waals surface area contributed by atoms with E-state index in [0.29, 0.717) is 18.8 Å². The number of likely N-dealkylation sites (tertiary alicyclic amines) is 1. The molecular formula is C20H17N7O. The molecule has 1 saturated heterocycles. The molecule has 1 amide bonds. The van der Waals surface area contributed by atoms with Crippen molar-refractivity contribution in [1.82, 2.24) is 34.7 Å². The van der Waals surface area contributed by atoms with Gasteiger partial charge in [-0.15, -0.1) is 5.10 Å². The normalized spacial score (nSPS) is 16.6. The second-order valence-corrected chi connectivity index (χ2v) is 6.79. The SMILES string of the molecule is O=C(c1cnccn1)N1CC[C@@H](c2nnn3cc(-c4cccnc4)ccc23)C1. The number of hydrogen-bond donors (Lipinski definition) is 0. The van der Waals surface area contributed by atoms with Crippen molar-refractivity contribution in [2.24, 2.45) is 0 Å². The Morgan fingerprint density at radius 1 is 1.04 bits per heavy atom. The molecule has 138 valence electrons. The second-order valence-electron chi connectivity index (χ2n) is 6.79. The van der Waals surface area contributed by atoms with Crippen molar-refractivity contribution < 1.29 is 4.79 Å². The highest BCUT2D eigenvalue weighted by atomic mass is 16.2. The molecule has 4 aromatic rings. The predicted octanol–water partition coefficient (Wildman–Crippen LogP) is 2.21. The zero-order chi connectivity index (χ0) is 18.9. The van der Waals surface area contributed by atoms with Gasteiger partial charge in [0.15, 0.2) is 0 Å². The number of fused-ring (bicyclic) bond motifs is 1. The van der Waals surface area contributed by atoms with Gasteiger partial charge in [0.25, 0.3) is 5.91 Å². The van der Waals surface area contributed by atoms with Crippen LogP contribution in [0.5, 0.6) is 0 Å². The molecule has 5 rings (SSSR count). The Kier molecular flexibility index (Phi) is 4.01. The van der Waals surface area contributed by atoms with Crippen LogP contribution in [0.4, 0.5) is 0 Å². The number of nitrogens with zero attached hydrogens (tertiary/aromatic N) is 7. The van der Waals surface area contributed by atoms with Gasteiger partial charge in [-0.3, -0.25) is 14.8 Å². The molecule has 0 aliphatic carbocycles. The lowest BCUT2D eigenvalue weighted by molar-refractivity contribution is 0.0784. The lowest BCUT2D eigenvalue weighted by Gasteiger charge is -2.15. The van der Waals surface area contributed by atoms with Gasteiger partial charge in [-0.05, 0) is 18.6 Å². The van der Waals surface area contributed by atoms with Crippen LogP contribution in [0.25, 0.3) is 16.6 Å². The molecule has 4 aromatic heterocycles. The first-order chi connectivity index (χ1) is 13.8. The number of aromatic nitrogens is 6. The third-order valence-corrected chi connectivity index (χ3v) is 5.08. The molecule has 0 bridgehead atoms. The van der Waals surface area contributed by atoms with Crippen LogP contribution in [0.3, 0.4) is 0 Å². The first-order valence-corrected chi connectivity index (χ1v) is 9.10. The van der Waals surface area contributed by atoms with E-state index >= 15 is 0 Å². The molecular weight excluding hydrogens is 354 g/mol. The highest BCUT2D eigenvalue weighted by molar-refractivity contribution is 5.92. The highest BCUT2D eigenvalue weighted by Crippen LogP contribution is 2.30. The predicted molar refractivity (Wildman–Crippen MR) is 102 cm³/mol. The summed E-state index contributed by atoms with van der Waals surface area (Å²) in [7, 11) is 0. The molecule has 1 atom stereocenters. The summed E-state index contributed by atoms with van der Waals surface area (Å²) in [5.74, 6) is 0.0632. The maximum absolute atomic E-state index is 12.6. The minimum Gasteiger partial charge on any atom is -0.337 e. The first-order valence-electron chi connectivity index (χ1n) is 9.10. The fourth-order valence-corrected chi connectivity index (χ4v) is 3.65. The molecule has 0 saturated carbocycles. The average molecular weight is 371 g/mol. The van der Waals surface area contributed by atoms with Crippen molar-refractivity contribution in [2.45, 2.75) is 12.3 Å². The van der Waals surface area contributed by atoms with Crippen molar-refractivity contribution in [2.75, 3.05) is 13.1 Å². The number of rotatable bonds is 3. The molecule has 1 fully saturated rings. The lowest BCUT2D eigenvalue weighted by atomic mass is 10.0. The van der Waals surface area contributed by atoms with Gasteiger partial charge in [0.1, 0.15) is 5.69 Å². The summed E-state index contributed by atoms with van der Waals surface area (Å²) in [5, 5.41) is 8.71. The minimum atomic E-state index is -0.0917. The molecule has 8 heteroatoms. The number of carbonyl (C=O) groups is 1. The van der Waals surface area contributed by atoms with Crippen LogP contribution in [-0.4, -0.2) is 53.7 Å². The topological polar surface area (TPSA) is 89.2 Å². The molecule has 0 aromatic carbocycles. The molecule has 0 unspecified atom stereocenters. The molecule has 5 heterocycles. The van der Waals surface area contributed by atoms with Gasteiger partial charge in [0.05, 0.1) is 17.4 Å². The van der Waals surface area contributed by atoms with Gasteiger partial charge >= 0.3 is 0 Å². The Morgan fingerprint density at radius 2 is 1.96 bits per heavy atom. The summed E-state index contributed by atoms with van der Waals surface area (Å²) in [5.41, 5.74) is 4.32. The number of amides is 1. The van der Waals surface area contributed by atoms with E-state index in [1.165, 1.54) is 12.4 Å². The average Bonchev–Trinajstić information content (AvgIpc) is 3.41. The summed E-state index contributed by atoms with van der Waals surface area (Å²) in [6, 6.07) is 8.01. The maximum atomic E-state index is 12.6. The first kappa shape index (κ1) is 16.5. The van der Waals surface area contributed by atoms with Crippen LogP contribution in [0.2, 0.25) is 0 Å². The number of carbonyl (C=O) groups excluding carboxylic acids is 1. The van der Waals surface area contributed by atoms with E-state index in [9.17, 15) is 4.79 Å². The van der Waals surface area contributed by atoms with Gasteiger partial charge < -0.3 is 4.90 Å². The fraction of sp³-hybridized carbons (Fsp3) is 0.200. The standard InChI is InChI=1S/C20H17N7O/c28-20(17-11-22-7-8-23-17)26-9-5-16(12-26)19-18-4-3-15(13-27(18)25-24-19)14-2-1-6-21-10-14/h1-4,6-8,10-11,13,16H,5,9,12H2/t16-/m1/s1. The summed E-state index contributed by atoms with van der Waals surface area (Å²) >= 11 is 0. The molecule has 0 spiro atoms. The van der Waals surface area contributed by atoms with Crippen LogP contribution in [0.15, 0.2) is 61.4 Å². The maximum Gasteiger partial charge on any atom is 0.274 e. The Labute approximate surface area is 160 Å². The monoisotopic (exact) mass is 371 g/mol. The zero-order valence-corrected chi connectivity index (χ0v) is 15.0. The van der Waals surface area contributed by atoms with Crippen LogP contribution in [0.1, 0.15) is 28.5 Å². The van der Waals surface area contributed by atoms with Gasteiger partial charge in [0, 0.05) is 61.1 Å². The van der Waals surface area contributed by atoms with Crippen molar-refractivity contribution in [1.29, 1.82) is 0 Å². The minimum absolute atomic E-state index is 0.0917. The summed E-state index contributed by atoms with van der Waals surface area (Å²) in [4.78, 5) is 26.7. The van der Waals surface area contributed by atoms with Crippen LogP contribution in [0, 0.1) is 0 Å². The Morgan fingerprint density at radius 3 is 2.79 bits per heavy atom. The largest absolute Gasteiger partial charge is 0.337 e. The zero-order valence-electron chi connectivity index (χ0n) is 15.0. The van der Waals surface area contributed by atoms with Crippen LogP contribution < -0.4 is 0 Å². The van der Waals surface area contributed by atoms with E-state index in [1.807, 2.05) is 35.5 Å². The van der Waals surface area contributed by atoms with Gasteiger partial charge in [0.2, 0.25) is 0 Å². The second kappa shape index (κ2) is 6.80. The quantitative estimate of drug-likeness (QED) is 0.549. The molecule has 0 radical (unpaired) electrons. The molecule has 1 aliphatic heterocycles. The van der Waals surface area contributed by atoms with Gasteiger partial charge in [-0.25, -0.2) is 9.50 Å².